The zero-order chi connectivity index (χ0) is 11.6. The third-order valence-electron chi connectivity index (χ3n) is 2.19. The molecule has 4 heteroatoms. The predicted octanol–water partition coefficient (Wildman–Crippen LogP) is 0.760. The molecule has 0 aliphatic heterocycles. The van der Waals surface area contributed by atoms with E-state index in [0.29, 0.717) is 19.8 Å². The second-order valence-electron chi connectivity index (χ2n) is 3.40. The number of rotatable bonds is 8. The molecule has 0 atom stereocenters. The lowest BCUT2D eigenvalue weighted by Gasteiger charge is -2.09. The van der Waals surface area contributed by atoms with Gasteiger partial charge in [-0.25, -0.2) is 0 Å². The molecule has 0 fully saturated rings. The highest BCUT2D eigenvalue weighted by molar-refractivity contribution is 5.32. The molecule has 0 aliphatic carbocycles. The Bertz CT molecular complexity index is 292. The zero-order valence-corrected chi connectivity index (χ0v) is 9.74. The standard InChI is InChI=1S/C12H20N2O2/c1-15-12-5-3-2-4-11(12)10-16-9-8-14-7-6-13/h2-5,14H,6-10,13H2,1H3. The zero-order valence-electron chi connectivity index (χ0n) is 9.74. The molecule has 0 amide bonds. The minimum absolute atomic E-state index is 0.578. The molecule has 0 bridgehead atoms. The summed E-state index contributed by atoms with van der Waals surface area (Å²) in [6.07, 6.45) is 0. The number of ether oxygens (including phenoxy) is 2. The van der Waals surface area contributed by atoms with Crippen LogP contribution in [0, 0.1) is 0 Å². The smallest absolute Gasteiger partial charge is 0.124 e. The molecular weight excluding hydrogens is 204 g/mol. The minimum atomic E-state index is 0.578. The Balaban J connectivity index is 2.21. The monoisotopic (exact) mass is 224 g/mol. The summed E-state index contributed by atoms with van der Waals surface area (Å²) < 4.78 is 10.8. The van der Waals surface area contributed by atoms with Crippen molar-refractivity contribution in [1.29, 1.82) is 0 Å². The Kier molecular flexibility index (Phi) is 6.56. The van der Waals surface area contributed by atoms with Gasteiger partial charge >= 0.3 is 0 Å². The lowest BCUT2D eigenvalue weighted by Crippen LogP contribution is -2.25. The fourth-order valence-electron chi connectivity index (χ4n) is 1.38. The van der Waals surface area contributed by atoms with Crippen LogP contribution >= 0.6 is 0 Å². The first-order chi connectivity index (χ1) is 7.88. The van der Waals surface area contributed by atoms with Gasteiger partial charge in [0.15, 0.2) is 0 Å². The third kappa shape index (κ3) is 4.61. The van der Waals surface area contributed by atoms with E-state index in [4.69, 9.17) is 15.2 Å². The lowest BCUT2D eigenvalue weighted by molar-refractivity contribution is 0.121. The van der Waals surface area contributed by atoms with E-state index < -0.39 is 0 Å². The largest absolute Gasteiger partial charge is 0.496 e. The second-order valence-corrected chi connectivity index (χ2v) is 3.40. The summed E-state index contributed by atoms with van der Waals surface area (Å²) in [6.45, 7) is 3.57. The third-order valence-corrected chi connectivity index (χ3v) is 2.19. The SMILES string of the molecule is COc1ccccc1COCCNCCN. The van der Waals surface area contributed by atoms with Gasteiger partial charge in [-0.1, -0.05) is 18.2 Å². The highest BCUT2D eigenvalue weighted by atomic mass is 16.5. The normalized spacial score (nSPS) is 10.4. The molecule has 1 rings (SSSR count). The van der Waals surface area contributed by atoms with Crippen LogP contribution in [-0.4, -0.2) is 33.4 Å². The van der Waals surface area contributed by atoms with E-state index in [2.05, 4.69) is 5.32 Å². The van der Waals surface area contributed by atoms with Gasteiger partial charge in [-0.05, 0) is 6.07 Å². The van der Waals surface area contributed by atoms with Crippen molar-refractivity contribution in [2.75, 3.05) is 33.4 Å². The molecule has 0 unspecified atom stereocenters. The molecule has 16 heavy (non-hydrogen) atoms. The highest BCUT2D eigenvalue weighted by Crippen LogP contribution is 2.17. The van der Waals surface area contributed by atoms with Gasteiger partial charge in [0.2, 0.25) is 0 Å². The van der Waals surface area contributed by atoms with Crippen molar-refractivity contribution in [1.82, 2.24) is 5.32 Å². The van der Waals surface area contributed by atoms with E-state index in [0.717, 1.165) is 24.4 Å². The predicted molar refractivity (Wildman–Crippen MR) is 64.6 cm³/mol. The quantitative estimate of drug-likeness (QED) is 0.640. The van der Waals surface area contributed by atoms with Crippen molar-refractivity contribution < 1.29 is 9.47 Å². The molecule has 0 heterocycles. The summed E-state index contributed by atoms with van der Waals surface area (Å²) in [6, 6.07) is 7.87. The fraction of sp³-hybridized carbons (Fsp3) is 0.500. The Hall–Kier alpha value is -1.10. The number of nitrogens with one attached hydrogen (secondary N) is 1. The molecular formula is C12H20N2O2. The van der Waals surface area contributed by atoms with Gasteiger partial charge in [0.05, 0.1) is 20.3 Å². The summed E-state index contributed by atoms with van der Waals surface area (Å²) in [7, 11) is 1.67. The first-order valence-electron chi connectivity index (χ1n) is 5.49. The Morgan fingerprint density at radius 2 is 2.06 bits per heavy atom. The van der Waals surface area contributed by atoms with E-state index in [-0.39, 0.29) is 0 Å². The van der Waals surface area contributed by atoms with E-state index >= 15 is 0 Å². The number of para-hydroxylation sites is 1. The summed E-state index contributed by atoms with van der Waals surface area (Å²) in [4.78, 5) is 0. The summed E-state index contributed by atoms with van der Waals surface area (Å²) in [5.41, 5.74) is 6.43. The van der Waals surface area contributed by atoms with Gasteiger partial charge in [-0.2, -0.15) is 0 Å². The van der Waals surface area contributed by atoms with Gasteiger partial charge < -0.3 is 20.5 Å². The molecule has 0 saturated carbocycles. The molecule has 1 aromatic rings. The maximum Gasteiger partial charge on any atom is 0.124 e. The highest BCUT2D eigenvalue weighted by Gasteiger charge is 2.00. The lowest BCUT2D eigenvalue weighted by atomic mass is 10.2. The minimum Gasteiger partial charge on any atom is -0.496 e. The van der Waals surface area contributed by atoms with E-state index in [1.807, 2.05) is 24.3 Å². The first-order valence-corrected chi connectivity index (χ1v) is 5.49. The van der Waals surface area contributed by atoms with Crippen LogP contribution in [0.4, 0.5) is 0 Å². The molecule has 4 nitrogen and oxygen atoms in total. The number of nitrogens with two attached hydrogens (primary N) is 1. The van der Waals surface area contributed by atoms with Crippen molar-refractivity contribution in [2.45, 2.75) is 6.61 Å². The number of hydrogen-bond donors (Lipinski definition) is 2. The summed E-state index contributed by atoms with van der Waals surface area (Å²) in [5.74, 6) is 0.873. The average Bonchev–Trinajstić information content (AvgIpc) is 2.34. The molecule has 90 valence electrons. The van der Waals surface area contributed by atoms with Crippen molar-refractivity contribution in [3.63, 3.8) is 0 Å². The van der Waals surface area contributed by atoms with Crippen molar-refractivity contribution in [3.05, 3.63) is 29.8 Å². The van der Waals surface area contributed by atoms with Gasteiger partial charge in [0, 0.05) is 25.2 Å². The number of benzene rings is 1. The van der Waals surface area contributed by atoms with Crippen LogP contribution in [0.25, 0.3) is 0 Å². The van der Waals surface area contributed by atoms with Crippen molar-refractivity contribution in [2.24, 2.45) is 5.73 Å². The molecule has 0 saturated heterocycles. The first kappa shape index (κ1) is 13.0. The molecule has 0 aromatic heterocycles. The van der Waals surface area contributed by atoms with E-state index in [9.17, 15) is 0 Å². The average molecular weight is 224 g/mol. The molecule has 0 aliphatic rings. The summed E-state index contributed by atoms with van der Waals surface area (Å²) in [5, 5.41) is 3.17. The van der Waals surface area contributed by atoms with Crippen LogP contribution in [-0.2, 0) is 11.3 Å². The second kappa shape index (κ2) is 8.10. The van der Waals surface area contributed by atoms with Crippen LogP contribution < -0.4 is 15.8 Å². The van der Waals surface area contributed by atoms with Gasteiger partial charge in [0.1, 0.15) is 5.75 Å². The molecule has 0 spiro atoms. The summed E-state index contributed by atoms with van der Waals surface area (Å²) >= 11 is 0. The van der Waals surface area contributed by atoms with E-state index in [1.165, 1.54) is 0 Å². The van der Waals surface area contributed by atoms with Crippen LogP contribution in [0.15, 0.2) is 24.3 Å². The van der Waals surface area contributed by atoms with Gasteiger partial charge in [-0.15, -0.1) is 0 Å². The Labute approximate surface area is 96.7 Å². The Morgan fingerprint density at radius 1 is 1.25 bits per heavy atom. The maximum absolute atomic E-state index is 5.53. The van der Waals surface area contributed by atoms with E-state index in [1.54, 1.807) is 7.11 Å². The van der Waals surface area contributed by atoms with Crippen LogP contribution in [0.3, 0.4) is 0 Å². The van der Waals surface area contributed by atoms with Crippen LogP contribution in [0.2, 0.25) is 0 Å². The maximum atomic E-state index is 5.53. The molecule has 0 radical (unpaired) electrons. The van der Waals surface area contributed by atoms with Crippen LogP contribution in [0.5, 0.6) is 5.75 Å². The number of hydrogen-bond acceptors (Lipinski definition) is 4. The number of methoxy groups -OCH3 is 1. The fourth-order valence-corrected chi connectivity index (χ4v) is 1.38. The Morgan fingerprint density at radius 3 is 2.81 bits per heavy atom. The van der Waals surface area contributed by atoms with Crippen molar-refractivity contribution >= 4 is 0 Å². The molecule has 3 N–H and O–H groups in total. The molecule has 1 aromatic carbocycles. The topological polar surface area (TPSA) is 56.5 Å². The van der Waals surface area contributed by atoms with Gasteiger partial charge in [-0.3, -0.25) is 0 Å². The van der Waals surface area contributed by atoms with Crippen molar-refractivity contribution in [3.8, 4) is 5.75 Å². The van der Waals surface area contributed by atoms with Gasteiger partial charge in [0.25, 0.3) is 0 Å². The van der Waals surface area contributed by atoms with Crippen LogP contribution in [0.1, 0.15) is 5.56 Å².